The largest absolute Gasteiger partial charge is 0.495 e. The molecule has 1 aliphatic rings. The zero-order valence-corrected chi connectivity index (χ0v) is 15.9. The van der Waals surface area contributed by atoms with E-state index in [2.05, 4.69) is 10.5 Å². The molecule has 0 unspecified atom stereocenters. The topological polar surface area (TPSA) is 73.2 Å². The molecule has 1 fully saturated rings. The van der Waals surface area contributed by atoms with Crippen molar-refractivity contribution >= 4 is 23.2 Å². The first-order valence-electron chi connectivity index (χ1n) is 8.76. The smallest absolute Gasteiger partial charge is 0.279 e. The summed E-state index contributed by atoms with van der Waals surface area (Å²) in [7, 11) is 1.57. The molecule has 8 heteroatoms. The number of piperazine rings is 1. The summed E-state index contributed by atoms with van der Waals surface area (Å²) in [6.45, 7) is 7.13. The number of aryl methyl sites for hydroxylation is 1. The highest BCUT2D eigenvalue weighted by molar-refractivity contribution is 6.31. The predicted molar refractivity (Wildman–Crippen MR) is 97.8 cm³/mol. The highest BCUT2D eigenvalue weighted by atomic mass is 35.5. The molecule has 1 aromatic heterocycles. The summed E-state index contributed by atoms with van der Waals surface area (Å²) >= 11 is 6.01. The van der Waals surface area contributed by atoms with Crippen molar-refractivity contribution in [1.29, 1.82) is 0 Å². The van der Waals surface area contributed by atoms with Gasteiger partial charge in [0.1, 0.15) is 49.9 Å². The lowest BCUT2D eigenvalue weighted by molar-refractivity contribution is -1.02. The average molecular weight is 381 g/mol. The van der Waals surface area contributed by atoms with Gasteiger partial charge in [0.25, 0.3) is 5.91 Å². The number of benzene rings is 1. The number of halogens is 1. The Morgan fingerprint density at radius 1 is 1.27 bits per heavy atom. The van der Waals surface area contributed by atoms with Gasteiger partial charge in [-0.1, -0.05) is 16.8 Å². The van der Waals surface area contributed by atoms with E-state index in [1.54, 1.807) is 25.3 Å². The summed E-state index contributed by atoms with van der Waals surface area (Å²) in [5.41, 5.74) is 1.60. The number of carbonyl (C=O) groups excluding carboxylic acids is 1. The monoisotopic (exact) mass is 380 g/mol. The Bertz CT molecular complexity index is 757. The van der Waals surface area contributed by atoms with Crippen LogP contribution in [0.15, 0.2) is 28.8 Å². The van der Waals surface area contributed by atoms with Crippen molar-refractivity contribution in [2.24, 2.45) is 0 Å². The molecule has 2 aromatic rings. The number of anilines is 1. The van der Waals surface area contributed by atoms with Crippen molar-refractivity contribution in [3.05, 3.63) is 40.7 Å². The average Bonchev–Trinajstić information content (AvgIpc) is 3.02. The van der Waals surface area contributed by atoms with Crippen LogP contribution in [0.5, 0.6) is 5.75 Å². The summed E-state index contributed by atoms with van der Waals surface area (Å²) in [4.78, 5) is 15.1. The number of hydrogen-bond donors (Lipinski definition) is 3. The maximum absolute atomic E-state index is 12.4. The molecule has 3 N–H and O–H groups in total. The van der Waals surface area contributed by atoms with Crippen molar-refractivity contribution in [2.45, 2.75) is 13.5 Å². The lowest BCUT2D eigenvalue weighted by Gasteiger charge is -2.28. The van der Waals surface area contributed by atoms with Crippen LogP contribution in [0.25, 0.3) is 0 Å². The molecule has 1 saturated heterocycles. The second-order valence-corrected chi connectivity index (χ2v) is 7.11. The van der Waals surface area contributed by atoms with E-state index in [9.17, 15) is 4.79 Å². The van der Waals surface area contributed by atoms with Crippen LogP contribution in [0.1, 0.15) is 11.5 Å². The molecule has 0 bridgehead atoms. The van der Waals surface area contributed by atoms with E-state index >= 15 is 0 Å². The molecule has 1 amide bonds. The molecule has 2 heterocycles. The molecule has 0 aliphatic carbocycles. The quantitative estimate of drug-likeness (QED) is 0.635. The van der Waals surface area contributed by atoms with Crippen molar-refractivity contribution < 1.29 is 23.9 Å². The molecule has 0 spiro atoms. The second kappa shape index (κ2) is 8.53. The van der Waals surface area contributed by atoms with Crippen LogP contribution >= 0.6 is 11.6 Å². The van der Waals surface area contributed by atoms with Crippen LogP contribution < -0.4 is 19.9 Å². The van der Waals surface area contributed by atoms with Gasteiger partial charge in [-0.3, -0.25) is 4.79 Å². The van der Waals surface area contributed by atoms with Gasteiger partial charge < -0.3 is 24.4 Å². The highest BCUT2D eigenvalue weighted by Gasteiger charge is 2.26. The number of rotatable bonds is 6. The summed E-state index contributed by atoms with van der Waals surface area (Å²) in [6.07, 6.45) is 0. The molecular formula is C18H25ClN4O3+2. The van der Waals surface area contributed by atoms with Crippen molar-refractivity contribution in [1.82, 2.24) is 5.16 Å². The van der Waals surface area contributed by atoms with E-state index in [1.165, 1.54) is 9.80 Å². The normalized spacial score (nSPS) is 20.0. The van der Waals surface area contributed by atoms with Gasteiger partial charge in [-0.05, 0) is 25.1 Å². The number of nitrogens with one attached hydrogen (secondary N) is 3. The Morgan fingerprint density at radius 3 is 2.65 bits per heavy atom. The van der Waals surface area contributed by atoms with Gasteiger partial charge in [0.15, 0.2) is 6.54 Å². The molecule has 140 valence electrons. The van der Waals surface area contributed by atoms with Crippen LogP contribution in [-0.4, -0.2) is 50.9 Å². The first-order chi connectivity index (χ1) is 12.5. The van der Waals surface area contributed by atoms with Gasteiger partial charge in [0, 0.05) is 11.1 Å². The zero-order chi connectivity index (χ0) is 18.5. The minimum atomic E-state index is -0.0313. The lowest BCUT2D eigenvalue weighted by Crippen LogP contribution is -3.28. The fourth-order valence-electron chi connectivity index (χ4n) is 3.27. The van der Waals surface area contributed by atoms with Crippen LogP contribution in [0, 0.1) is 6.92 Å². The third kappa shape index (κ3) is 4.97. The summed E-state index contributed by atoms with van der Waals surface area (Å²) in [6, 6.07) is 7.17. The van der Waals surface area contributed by atoms with Crippen molar-refractivity contribution in [3.63, 3.8) is 0 Å². The number of carbonyl (C=O) groups is 1. The van der Waals surface area contributed by atoms with Crippen molar-refractivity contribution in [3.8, 4) is 5.75 Å². The minimum absolute atomic E-state index is 0.0313. The van der Waals surface area contributed by atoms with E-state index in [0.717, 1.165) is 44.2 Å². The molecule has 26 heavy (non-hydrogen) atoms. The SMILES string of the molecule is COc1ccc(Cl)cc1NC(=O)C[NH+]1CC[NH+](Cc2cc(C)on2)CC1. The Balaban J connectivity index is 1.47. The van der Waals surface area contributed by atoms with Crippen LogP contribution in [0.3, 0.4) is 0 Å². The molecular weight excluding hydrogens is 356 g/mol. The van der Waals surface area contributed by atoms with E-state index in [1.807, 2.05) is 13.0 Å². The fourth-order valence-corrected chi connectivity index (χ4v) is 3.44. The highest BCUT2D eigenvalue weighted by Crippen LogP contribution is 2.27. The number of aromatic nitrogens is 1. The Morgan fingerprint density at radius 2 is 2.00 bits per heavy atom. The number of methoxy groups -OCH3 is 1. The molecule has 0 radical (unpaired) electrons. The third-order valence-corrected chi connectivity index (χ3v) is 4.85. The van der Waals surface area contributed by atoms with Crippen molar-refractivity contribution in [2.75, 3.05) is 45.2 Å². The molecule has 3 rings (SSSR count). The molecule has 0 atom stereocenters. The van der Waals surface area contributed by atoms with E-state index in [4.69, 9.17) is 20.9 Å². The fraction of sp³-hybridized carbons (Fsp3) is 0.444. The third-order valence-electron chi connectivity index (χ3n) is 4.62. The van der Waals surface area contributed by atoms with Gasteiger partial charge >= 0.3 is 0 Å². The van der Waals surface area contributed by atoms with Gasteiger partial charge in [-0.2, -0.15) is 0 Å². The molecule has 0 saturated carbocycles. The first kappa shape index (κ1) is 18.7. The number of nitrogens with zero attached hydrogens (tertiary/aromatic N) is 1. The number of quaternary nitrogens is 2. The van der Waals surface area contributed by atoms with Gasteiger partial charge in [0.2, 0.25) is 0 Å². The van der Waals surface area contributed by atoms with Gasteiger partial charge in [0.05, 0.1) is 12.8 Å². The van der Waals surface area contributed by atoms with Gasteiger partial charge in [-0.15, -0.1) is 0 Å². The molecule has 1 aliphatic heterocycles. The lowest BCUT2D eigenvalue weighted by atomic mass is 10.2. The van der Waals surface area contributed by atoms with Crippen LogP contribution in [0.4, 0.5) is 5.69 Å². The number of ether oxygens (including phenoxy) is 1. The first-order valence-corrected chi connectivity index (χ1v) is 9.14. The van der Waals surface area contributed by atoms with Gasteiger partial charge in [-0.25, -0.2) is 0 Å². The molecule has 7 nitrogen and oxygen atoms in total. The predicted octanol–water partition coefficient (Wildman–Crippen LogP) is -0.433. The Hall–Kier alpha value is -2.09. The van der Waals surface area contributed by atoms with E-state index in [-0.39, 0.29) is 5.91 Å². The van der Waals surface area contributed by atoms with E-state index in [0.29, 0.717) is 23.0 Å². The summed E-state index contributed by atoms with van der Waals surface area (Å²) < 4.78 is 10.4. The summed E-state index contributed by atoms with van der Waals surface area (Å²) in [5.74, 6) is 1.42. The van der Waals surface area contributed by atoms with E-state index < -0.39 is 0 Å². The Labute approximate surface area is 157 Å². The van der Waals surface area contributed by atoms with Crippen LogP contribution in [0.2, 0.25) is 5.02 Å². The molecule has 1 aromatic carbocycles. The number of amides is 1. The second-order valence-electron chi connectivity index (χ2n) is 6.68. The standard InChI is InChI=1S/C18H23ClN4O3/c1-13-9-15(21-26-13)11-22-5-7-23(8-6-22)12-18(24)20-16-10-14(19)3-4-17(16)25-2/h3-4,9-10H,5-8,11-12H2,1-2H3,(H,20,24)/p+2. The Kier molecular flexibility index (Phi) is 6.13. The summed E-state index contributed by atoms with van der Waals surface area (Å²) in [5, 5.41) is 7.53. The minimum Gasteiger partial charge on any atom is -0.495 e. The maximum Gasteiger partial charge on any atom is 0.279 e. The van der Waals surface area contributed by atoms with Crippen LogP contribution in [-0.2, 0) is 11.3 Å². The zero-order valence-electron chi connectivity index (χ0n) is 15.1. The number of hydrogen-bond acceptors (Lipinski definition) is 4. The maximum atomic E-state index is 12.4.